The fourth-order valence-corrected chi connectivity index (χ4v) is 4.58. The van der Waals surface area contributed by atoms with Crippen LogP contribution in [0, 0.1) is 5.82 Å². The molecule has 4 nitrogen and oxygen atoms in total. The van der Waals surface area contributed by atoms with Crippen molar-refractivity contribution in [2.75, 3.05) is 13.1 Å². The Morgan fingerprint density at radius 1 is 1.04 bits per heavy atom. The summed E-state index contributed by atoms with van der Waals surface area (Å²) in [7, 11) is -3.47. The van der Waals surface area contributed by atoms with Gasteiger partial charge in [-0.15, -0.1) is 0 Å². The van der Waals surface area contributed by atoms with Crippen molar-refractivity contribution in [3.8, 4) is 0 Å². The largest absolute Gasteiger partial charge is 0.326 e. The highest BCUT2D eigenvalue weighted by Gasteiger charge is 2.38. The summed E-state index contributed by atoms with van der Waals surface area (Å²) in [5.74, 6) is -0.720. The van der Waals surface area contributed by atoms with E-state index in [1.54, 1.807) is 30.3 Å². The maximum atomic E-state index is 14.0. The second kappa shape index (κ2) is 6.39. The van der Waals surface area contributed by atoms with E-state index >= 15 is 0 Å². The molecule has 2 N–H and O–H groups in total. The van der Waals surface area contributed by atoms with Gasteiger partial charge in [0.05, 0.1) is 5.75 Å². The molecule has 1 aliphatic rings. The Kier molecular flexibility index (Phi) is 4.48. The van der Waals surface area contributed by atoms with Gasteiger partial charge in [0.25, 0.3) is 0 Å². The van der Waals surface area contributed by atoms with Crippen LogP contribution in [-0.2, 0) is 15.8 Å². The Labute approximate surface area is 135 Å². The number of nitrogens with zero attached hydrogens (tertiary/aromatic N) is 1. The Balaban J connectivity index is 1.79. The van der Waals surface area contributed by atoms with Crippen molar-refractivity contribution in [1.82, 2.24) is 4.31 Å². The highest BCUT2D eigenvalue weighted by molar-refractivity contribution is 7.88. The van der Waals surface area contributed by atoms with Gasteiger partial charge < -0.3 is 5.73 Å². The Morgan fingerprint density at radius 3 is 2.39 bits per heavy atom. The maximum Gasteiger partial charge on any atom is 0.218 e. The zero-order valence-electron chi connectivity index (χ0n) is 12.6. The number of nitrogens with two attached hydrogens (primary N) is 1. The number of halogens is 1. The lowest BCUT2D eigenvalue weighted by atomic mass is 9.94. The fourth-order valence-electron chi connectivity index (χ4n) is 3.00. The molecule has 1 saturated heterocycles. The van der Waals surface area contributed by atoms with Crippen LogP contribution >= 0.6 is 0 Å². The normalized spacial score (nSPS) is 22.3. The molecule has 0 amide bonds. The minimum absolute atomic E-state index is 0.0649. The molecular formula is C17H19FN2O2S. The summed E-state index contributed by atoms with van der Waals surface area (Å²) in [5.41, 5.74) is 7.30. The van der Waals surface area contributed by atoms with Gasteiger partial charge in [-0.3, -0.25) is 0 Å². The smallest absolute Gasteiger partial charge is 0.218 e. The summed E-state index contributed by atoms with van der Waals surface area (Å²) in [6.07, 6.45) is 0. The van der Waals surface area contributed by atoms with Crippen molar-refractivity contribution in [2.45, 2.75) is 17.7 Å². The van der Waals surface area contributed by atoms with Crippen molar-refractivity contribution in [3.63, 3.8) is 0 Å². The lowest BCUT2D eigenvalue weighted by Crippen LogP contribution is -2.33. The van der Waals surface area contributed by atoms with E-state index in [9.17, 15) is 12.8 Å². The highest BCUT2D eigenvalue weighted by Crippen LogP contribution is 2.30. The number of hydrogen-bond acceptors (Lipinski definition) is 3. The van der Waals surface area contributed by atoms with Gasteiger partial charge in [0, 0.05) is 25.0 Å². The van der Waals surface area contributed by atoms with Crippen LogP contribution in [0.15, 0.2) is 54.6 Å². The molecule has 0 saturated carbocycles. The van der Waals surface area contributed by atoms with E-state index in [0.717, 1.165) is 5.56 Å². The molecule has 1 fully saturated rings. The zero-order valence-corrected chi connectivity index (χ0v) is 13.4. The molecule has 3 rings (SSSR count). The van der Waals surface area contributed by atoms with Crippen LogP contribution in [0.25, 0.3) is 0 Å². The first kappa shape index (κ1) is 16.1. The summed E-state index contributed by atoms with van der Waals surface area (Å²) in [4.78, 5) is 0. The van der Waals surface area contributed by atoms with Gasteiger partial charge in [-0.05, 0) is 17.2 Å². The van der Waals surface area contributed by atoms with Crippen LogP contribution in [0.2, 0.25) is 0 Å². The van der Waals surface area contributed by atoms with Crippen molar-refractivity contribution in [2.24, 2.45) is 5.73 Å². The van der Waals surface area contributed by atoms with Crippen LogP contribution < -0.4 is 5.73 Å². The van der Waals surface area contributed by atoms with Crippen molar-refractivity contribution >= 4 is 10.0 Å². The van der Waals surface area contributed by atoms with E-state index in [0.29, 0.717) is 5.56 Å². The summed E-state index contributed by atoms with van der Waals surface area (Å²) in [6.45, 7) is 0.436. The predicted octanol–water partition coefficient (Wildman–Crippen LogP) is 2.08. The van der Waals surface area contributed by atoms with Crippen LogP contribution in [0.5, 0.6) is 0 Å². The third kappa shape index (κ3) is 3.44. The van der Waals surface area contributed by atoms with Gasteiger partial charge in [0.15, 0.2) is 0 Å². The molecule has 23 heavy (non-hydrogen) atoms. The molecule has 2 aromatic carbocycles. The van der Waals surface area contributed by atoms with E-state index in [1.807, 2.05) is 18.2 Å². The first-order valence-corrected chi connectivity index (χ1v) is 9.10. The maximum absolute atomic E-state index is 14.0. The molecule has 1 heterocycles. The van der Waals surface area contributed by atoms with Crippen LogP contribution in [0.3, 0.4) is 0 Å². The topological polar surface area (TPSA) is 63.4 Å². The quantitative estimate of drug-likeness (QED) is 0.931. The molecular weight excluding hydrogens is 315 g/mol. The molecule has 0 radical (unpaired) electrons. The summed E-state index contributed by atoms with van der Waals surface area (Å²) in [5, 5.41) is 0. The summed E-state index contributed by atoms with van der Waals surface area (Å²) >= 11 is 0. The summed E-state index contributed by atoms with van der Waals surface area (Å²) in [6, 6.07) is 15.0. The monoisotopic (exact) mass is 334 g/mol. The average molecular weight is 334 g/mol. The minimum atomic E-state index is -3.47. The average Bonchev–Trinajstić information content (AvgIpc) is 2.91. The Hall–Kier alpha value is -1.76. The third-order valence-corrected chi connectivity index (χ3v) is 6.00. The lowest BCUT2D eigenvalue weighted by Gasteiger charge is -2.17. The second-order valence-corrected chi connectivity index (χ2v) is 7.82. The molecule has 1 aliphatic heterocycles. The number of benzene rings is 2. The number of hydrogen-bond donors (Lipinski definition) is 1. The molecule has 0 bridgehead atoms. The van der Waals surface area contributed by atoms with Gasteiger partial charge in [-0.25, -0.2) is 12.8 Å². The Morgan fingerprint density at radius 2 is 1.70 bits per heavy atom. The fraction of sp³-hybridized carbons (Fsp3) is 0.294. The van der Waals surface area contributed by atoms with Gasteiger partial charge in [-0.1, -0.05) is 48.5 Å². The van der Waals surface area contributed by atoms with E-state index in [2.05, 4.69) is 0 Å². The van der Waals surface area contributed by atoms with Crippen molar-refractivity contribution in [1.29, 1.82) is 0 Å². The van der Waals surface area contributed by atoms with Crippen molar-refractivity contribution in [3.05, 3.63) is 71.5 Å². The van der Waals surface area contributed by atoms with E-state index < -0.39 is 16.1 Å². The van der Waals surface area contributed by atoms with E-state index in [1.165, 1.54) is 10.4 Å². The van der Waals surface area contributed by atoms with Gasteiger partial charge in [0.1, 0.15) is 5.82 Å². The predicted molar refractivity (Wildman–Crippen MR) is 87.8 cm³/mol. The van der Waals surface area contributed by atoms with Crippen LogP contribution in [0.4, 0.5) is 4.39 Å². The first-order valence-electron chi connectivity index (χ1n) is 7.49. The van der Waals surface area contributed by atoms with E-state index in [4.69, 9.17) is 5.73 Å². The van der Waals surface area contributed by atoms with Crippen molar-refractivity contribution < 1.29 is 12.8 Å². The molecule has 2 atom stereocenters. The highest BCUT2D eigenvalue weighted by atomic mass is 32.2. The van der Waals surface area contributed by atoms with E-state index in [-0.39, 0.29) is 30.6 Å². The molecule has 0 unspecified atom stereocenters. The third-order valence-electron chi connectivity index (χ3n) is 4.22. The lowest BCUT2D eigenvalue weighted by molar-refractivity contribution is 0.468. The first-order chi connectivity index (χ1) is 11.0. The summed E-state index contributed by atoms with van der Waals surface area (Å²) < 4.78 is 40.5. The van der Waals surface area contributed by atoms with Crippen LogP contribution in [-0.4, -0.2) is 31.9 Å². The molecule has 0 spiro atoms. The minimum Gasteiger partial charge on any atom is -0.326 e. The van der Waals surface area contributed by atoms with Gasteiger partial charge in [0.2, 0.25) is 10.0 Å². The number of rotatable bonds is 4. The molecule has 6 heteroatoms. The molecule has 0 aromatic heterocycles. The SMILES string of the molecule is N[C@@H]1CN(S(=O)(=O)Cc2ccccc2)C[C@H]1c1ccccc1F. The van der Waals surface area contributed by atoms with Gasteiger partial charge in [-0.2, -0.15) is 4.31 Å². The molecule has 2 aromatic rings. The number of sulfonamides is 1. The van der Waals surface area contributed by atoms with Crippen LogP contribution in [0.1, 0.15) is 17.0 Å². The second-order valence-electron chi connectivity index (χ2n) is 5.85. The van der Waals surface area contributed by atoms with Gasteiger partial charge >= 0.3 is 0 Å². The molecule has 0 aliphatic carbocycles. The molecule has 122 valence electrons. The Bertz CT molecular complexity index is 780. The standard InChI is InChI=1S/C17H19FN2O2S/c18-16-9-5-4-8-14(16)15-10-20(11-17(15)19)23(21,22)12-13-6-2-1-3-7-13/h1-9,15,17H,10-12,19H2/t15-,17+/m0/s1. The zero-order chi connectivity index (χ0) is 16.4.